The quantitative estimate of drug-likeness (QED) is 0.777. The van der Waals surface area contributed by atoms with E-state index < -0.39 is 10.2 Å². The van der Waals surface area contributed by atoms with Crippen LogP contribution in [0.15, 0.2) is 0 Å². The Morgan fingerprint density at radius 2 is 2.06 bits per heavy atom. The van der Waals surface area contributed by atoms with Crippen LogP contribution in [0.5, 0.6) is 0 Å². The van der Waals surface area contributed by atoms with Crippen molar-refractivity contribution in [2.45, 2.75) is 39.3 Å². The smallest absolute Gasteiger partial charge is 0.282 e. The van der Waals surface area contributed by atoms with Gasteiger partial charge in [-0.15, -0.1) is 0 Å². The van der Waals surface area contributed by atoms with Crippen molar-refractivity contribution in [1.82, 2.24) is 13.9 Å². The largest absolute Gasteiger partial charge is 0.311 e. The van der Waals surface area contributed by atoms with Gasteiger partial charge in [0.1, 0.15) is 0 Å². The fourth-order valence-electron chi connectivity index (χ4n) is 1.96. The molecule has 2 unspecified atom stereocenters. The lowest BCUT2D eigenvalue weighted by Gasteiger charge is -2.39. The lowest BCUT2D eigenvalue weighted by Crippen LogP contribution is -2.59. The van der Waals surface area contributed by atoms with Gasteiger partial charge in [-0.1, -0.05) is 6.92 Å². The zero-order chi connectivity index (χ0) is 12.3. The molecule has 1 rings (SSSR count). The Bertz CT molecular complexity index is 318. The molecule has 2 atom stereocenters. The summed E-state index contributed by atoms with van der Waals surface area (Å²) in [5.41, 5.74) is 0. The van der Waals surface area contributed by atoms with Crippen LogP contribution in [0.4, 0.5) is 0 Å². The zero-order valence-corrected chi connectivity index (χ0v) is 11.4. The third-order valence-electron chi connectivity index (χ3n) is 3.21. The molecule has 5 nitrogen and oxygen atoms in total. The van der Waals surface area contributed by atoms with Crippen LogP contribution in [0.3, 0.4) is 0 Å². The van der Waals surface area contributed by atoms with Crippen LogP contribution in [0.2, 0.25) is 0 Å². The fraction of sp³-hybridized carbons (Fsp3) is 1.00. The number of nitrogens with one attached hydrogen (secondary N) is 1. The molecule has 0 aromatic heterocycles. The second-order valence-corrected chi connectivity index (χ2v) is 6.41. The molecule has 0 radical (unpaired) electrons. The highest BCUT2D eigenvalue weighted by atomic mass is 32.2. The second kappa shape index (κ2) is 5.44. The van der Waals surface area contributed by atoms with Gasteiger partial charge in [0, 0.05) is 38.8 Å². The fourth-order valence-corrected chi connectivity index (χ4v) is 3.66. The van der Waals surface area contributed by atoms with E-state index in [9.17, 15) is 8.42 Å². The summed E-state index contributed by atoms with van der Waals surface area (Å²) >= 11 is 0. The molecule has 1 saturated heterocycles. The van der Waals surface area contributed by atoms with Crippen LogP contribution >= 0.6 is 0 Å². The highest BCUT2D eigenvalue weighted by molar-refractivity contribution is 7.86. The van der Waals surface area contributed by atoms with E-state index >= 15 is 0 Å². The highest BCUT2D eigenvalue weighted by Crippen LogP contribution is 2.16. The van der Waals surface area contributed by atoms with Gasteiger partial charge in [-0.25, -0.2) is 0 Å². The van der Waals surface area contributed by atoms with Crippen molar-refractivity contribution in [2.75, 3.05) is 26.7 Å². The van der Waals surface area contributed by atoms with Gasteiger partial charge < -0.3 is 5.32 Å². The molecule has 0 amide bonds. The Morgan fingerprint density at radius 3 is 2.62 bits per heavy atom. The molecule has 1 aliphatic rings. The van der Waals surface area contributed by atoms with Crippen LogP contribution in [0.1, 0.15) is 27.2 Å². The number of hydrogen-bond acceptors (Lipinski definition) is 3. The standard InChI is InChI=1S/C10H23N3O2S/c1-5-7-12(4)16(14,15)13-8-6-11-9(2)10(13)3/h9-11H,5-8H2,1-4H3. The minimum absolute atomic E-state index is 0.0121. The summed E-state index contributed by atoms with van der Waals surface area (Å²) in [5, 5.41) is 3.28. The molecule has 6 heteroatoms. The van der Waals surface area contributed by atoms with Crippen LogP contribution in [-0.2, 0) is 10.2 Å². The van der Waals surface area contributed by atoms with Crippen molar-refractivity contribution in [1.29, 1.82) is 0 Å². The molecule has 1 N–H and O–H groups in total. The van der Waals surface area contributed by atoms with E-state index in [1.165, 1.54) is 4.31 Å². The minimum atomic E-state index is -3.28. The molecular formula is C10H23N3O2S. The summed E-state index contributed by atoms with van der Waals surface area (Å²) in [6.07, 6.45) is 0.839. The Hall–Kier alpha value is -0.170. The van der Waals surface area contributed by atoms with E-state index in [4.69, 9.17) is 0 Å². The predicted molar refractivity (Wildman–Crippen MR) is 65.5 cm³/mol. The van der Waals surface area contributed by atoms with Gasteiger partial charge in [-0.2, -0.15) is 17.0 Å². The molecule has 1 heterocycles. The number of rotatable bonds is 4. The van der Waals surface area contributed by atoms with Crippen molar-refractivity contribution in [3.63, 3.8) is 0 Å². The van der Waals surface area contributed by atoms with Crippen LogP contribution in [0, 0.1) is 0 Å². The molecular weight excluding hydrogens is 226 g/mol. The summed E-state index contributed by atoms with van der Waals surface area (Å²) in [5.74, 6) is 0. The zero-order valence-electron chi connectivity index (χ0n) is 10.6. The molecule has 16 heavy (non-hydrogen) atoms. The SMILES string of the molecule is CCCN(C)S(=O)(=O)N1CCNC(C)C1C. The van der Waals surface area contributed by atoms with E-state index in [-0.39, 0.29) is 12.1 Å². The van der Waals surface area contributed by atoms with E-state index in [1.54, 1.807) is 11.4 Å². The van der Waals surface area contributed by atoms with Gasteiger partial charge in [-0.3, -0.25) is 0 Å². The molecule has 96 valence electrons. The summed E-state index contributed by atoms with van der Waals surface area (Å²) in [6, 6.07) is 0.219. The first kappa shape index (κ1) is 13.9. The summed E-state index contributed by atoms with van der Waals surface area (Å²) < 4.78 is 27.6. The van der Waals surface area contributed by atoms with Gasteiger partial charge in [-0.05, 0) is 20.3 Å². The molecule has 1 aliphatic heterocycles. The van der Waals surface area contributed by atoms with E-state index in [0.29, 0.717) is 13.1 Å². The molecule has 0 spiro atoms. The number of hydrogen-bond donors (Lipinski definition) is 1. The van der Waals surface area contributed by atoms with Crippen molar-refractivity contribution in [3.8, 4) is 0 Å². The van der Waals surface area contributed by atoms with Crippen LogP contribution in [0.25, 0.3) is 0 Å². The average molecular weight is 249 g/mol. The third kappa shape index (κ3) is 2.74. The number of piperazine rings is 1. The first-order chi connectivity index (χ1) is 7.41. The summed E-state index contributed by atoms with van der Waals surface area (Å²) in [6.45, 7) is 7.82. The van der Waals surface area contributed by atoms with Crippen molar-refractivity contribution in [3.05, 3.63) is 0 Å². The first-order valence-corrected chi connectivity index (χ1v) is 7.27. The van der Waals surface area contributed by atoms with Gasteiger partial charge in [0.25, 0.3) is 10.2 Å². The third-order valence-corrected chi connectivity index (χ3v) is 5.28. The number of nitrogens with zero attached hydrogens (tertiary/aromatic N) is 2. The summed E-state index contributed by atoms with van der Waals surface area (Å²) in [7, 11) is -1.63. The molecule has 0 aromatic rings. The lowest BCUT2D eigenvalue weighted by molar-refractivity contribution is 0.219. The lowest BCUT2D eigenvalue weighted by atomic mass is 10.1. The molecule has 0 aromatic carbocycles. The van der Waals surface area contributed by atoms with Gasteiger partial charge in [0.15, 0.2) is 0 Å². The minimum Gasteiger partial charge on any atom is -0.311 e. The van der Waals surface area contributed by atoms with Gasteiger partial charge in [0.2, 0.25) is 0 Å². The van der Waals surface area contributed by atoms with Crippen LogP contribution < -0.4 is 5.32 Å². The molecule has 0 bridgehead atoms. The molecule has 1 fully saturated rings. The maximum absolute atomic E-state index is 12.3. The maximum Gasteiger partial charge on any atom is 0.282 e. The van der Waals surface area contributed by atoms with Crippen molar-refractivity contribution in [2.24, 2.45) is 0 Å². The Morgan fingerprint density at radius 1 is 1.44 bits per heavy atom. The monoisotopic (exact) mass is 249 g/mol. The topological polar surface area (TPSA) is 52.7 Å². The average Bonchev–Trinajstić information content (AvgIpc) is 2.22. The van der Waals surface area contributed by atoms with E-state index in [2.05, 4.69) is 5.32 Å². The van der Waals surface area contributed by atoms with Gasteiger partial charge in [0.05, 0.1) is 0 Å². The molecule has 0 aliphatic carbocycles. The second-order valence-electron chi connectivity index (χ2n) is 4.42. The van der Waals surface area contributed by atoms with Crippen molar-refractivity contribution < 1.29 is 8.42 Å². The Labute approximate surface area is 99.0 Å². The maximum atomic E-state index is 12.3. The first-order valence-electron chi connectivity index (χ1n) is 5.87. The van der Waals surface area contributed by atoms with E-state index in [0.717, 1.165) is 13.0 Å². The summed E-state index contributed by atoms with van der Waals surface area (Å²) in [4.78, 5) is 0. The highest BCUT2D eigenvalue weighted by Gasteiger charge is 2.35. The Balaban J connectivity index is 2.82. The predicted octanol–water partition coefficient (Wildman–Crippen LogP) is 0.255. The van der Waals surface area contributed by atoms with E-state index in [1.807, 2.05) is 20.8 Å². The van der Waals surface area contributed by atoms with Gasteiger partial charge >= 0.3 is 0 Å². The Kier molecular flexibility index (Phi) is 4.73. The normalized spacial score (nSPS) is 28.6. The molecule has 0 saturated carbocycles. The van der Waals surface area contributed by atoms with Crippen LogP contribution in [-0.4, -0.2) is 55.8 Å². The van der Waals surface area contributed by atoms with Crippen molar-refractivity contribution >= 4 is 10.2 Å².